The molecule has 2 heterocycles. The summed E-state index contributed by atoms with van der Waals surface area (Å²) in [5.41, 5.74) is 1.35. The summed E-state index contributed by atoms with van der Waals surface area (Å²) in [5, 5.41) is 5.26. The monoisotopic (exact) mass is 465 g/mol. The van der Waals surface area contributed by atoms with E-state index < -0.39 is 11.6 Å². The lowest BCUT2D eigenvalue weighted by molar-refractivity contribution is 0.0937. The van der Waals surface area contributed by atoms with E-state index >= 15 is 0 Å². The van der Waals surface area contributed by atoms with Gasteiger partial charge >= 0.3 is 0 Å². The maximum atomic E-state index is 13.5. The number of nitrogens with zero attached hydrogens (tertiary/aromatic N) is 2. The van der Waals surface area contributed by atoms with E-state index in [1.807, 2.05) is 12.1 Å². The second-order valence-corrected chi connectivity index (χ2v) is 9.38. The highest BCUT2D eigenvalue weighted by Crippen LogP contribution is 2.31. The number of hydrogen-bond donors (Lipinski definition) is 1. The van der Waals surface area contributed by atoms with Crippen molar-refractivity contribution in [3.05, 3.63) is 77.4 Å². The van der Waals surface area contributed by atoms with E-state index in [4.69, 9.17) is 4.74 Å². The molecule has 34 heavy (non-hydrogen) atoms. The quantitative estimate of drug-likeness (QED) is 0.593. The van der Waals surface area contributed by atoms with Crippen LogP contribution in [0, 0.1) is 11.6 Å². The molecule has 7 heteroatoms. The van der Waals surface area contributed by atoms with Gasteiger partial charge in [-0.05, 0) is 55.1 Å². The molecule has 0 bridgehead atoms. The Hall–Kier alpha value is -3.03. The zero-order valence-corrected chi connectivity index (χ0v) is 19.3. The Balaban J connectivity index is 1.24. The molecular weight excluding hydrogens is 436 g/mol. The smallest absolute Gasteiger partial charge is 0.251 e. The van der Waals surface area contributed by atoms with Crippen LogP contribution in [0.2, 0.25) is 0 Å². The summed E-state index contributed by atoms with van der Waals surface area (Å²) in [6.45, 7) is 4.33. The molecule has 1 amide bonds. The highest BCUT2D eigenvalue weighted by Gasteiger charge is 2.26. The lowest BCUT2D eigenvalue weighted by atomic mass is 10.0. The van der Waals surface area contributed by atoms with Gasteiger partial charge in [0.15, 0.2) is 11.6 Å². The molecule has 0 radical (unpaired) electrons. The van der Waals surface area contributed by atoms with Crippen molar-refractivity contribution in [1.82, 2.24) is 15.1 Å². The summed E-state index contributed by atoms with van der Waals surface area (Å²) in [6, 6.07) is 15.8. The molecule has 2 atom stereocenters. The standard InChI is InChI=1S/C27H29F2N3O2/c1-31-12-11-21(17-31)34-26-9-7-19(22-4-2-3-5-23(22)26)15-32-13-10-20(16-32)30-27(33)18-6-8-24(28)25(29)14-18/h2-9,14,20-21H,10-13,15-17H2,1H3,(H,30,33)/t20-,21?/m0/s1. The Labute approximate surface area is 198 Å². The van der Waals surface area contributed by atoms with Crippen molar-refractivity contribution in [1.29, 1.82) is 0 Å². The van der Waals surface area contributed by atoms with Gasteiger partial charge in [0.2, 0.25) is 0 Å². The third-order valence-electron chi connectivity index (χ3n) is 6.80. The van der Waals surface area contributed by atoms with E-state index in [-0.39, 0.29) is 23.6 Å². The van der Waals surface area contributed by atoms with Crippen molar-refractivity contribution in [3.8, 4) is 5.75 Å². The third-order valence-corrected chi connectivity index (χ3v) is 6.80. The van der Waals surface area contributed by atoms with E-state index in [0.717, 1.165) is 62.3 Å². The van der Waals surface area contributed by atoms with Gasteiger partial charge in [-0.25, -0.2) is 8.78 Å². The Bertz CT molecular complexity index is 1200. The minimum absolute atomic E-state index is 0.0335. The van der Waals surface area contributed by atoms with Crippen LogP contribution >= 0.6 is 0 Å². The number of benzene rings is 3. The number of halogens is 2. The highest BCUT2D eigenvalue weighted by molar-refractivity contribution is 5.94. The normalized spacial score (nSPS) is 21.3. The molecule has 1 N–H and O–H groups in total. The number of amides is 1. The number of rotatable bonds is 6. The lowest BCUT2D eigenvalue weighted by Crippen LogP contribution is -2.37. The molecule has 5 rings (SSSR count). The van der Waals surface area contributed by atoms with Gasteiger partial charge in [0, 0.05) is 49.7 Å². The third kappa shape index (κ3) is 4.91. The first-order chi connectivity index (χ1) is 16.5. The van der Waals surface area contributed by atoms with Crippen LogP contribution in [0.1, 0.15) is 28.8 Å². The molecule has 5 nitrogen and oxygen atoms in total. The van der Waals surface area contributed by atoms with Gasteiger partial charge in [0.05, 0.1) is 0 Å². The Morgan fingerprint density at radius 2 is 1.82 bits per heavy atom. The number of nitrogens with one attached hydrogen (secondary N) is 1. The van der Waals surface area contributed by atoms with E-state index in [9.17, 15) is 13.6 Å². The Kier molecular flexibility index (Phi) is 6.48. The van der Waals surface area contributed by atoms with Crippen molar-refractivity contribution in [2.75, 3.05) is 33.2 Å². The average molecular weight is 466 g/mol. The largest absolute Gasteiger partial charge is 0.488 e. The van der Waals surface area contributed by atoms with Crippen molar-refractivity contribution in [2.45, 2.75) is 31.5 Å². The van der Waals surface area contributed by atoms with Gasteiger partial charge in [0.25, 0.3) is 5.91 Å². The maximum Gasteiger partial charge on any atom is 0.251 e. The van der Waals surface area contributed by atoms with Crippen LogP contribution in [0.15, 0.2) is 54.6 Å². The summed E-state index contributed by atoms with van der Waals surface area (Å²) in [7, 11) is 2.12. The molecular formula is C27H29F2N3O2. The van der Waals surface area contributed by atoms with Crippen LogP contribution < -0.4 is 10.1 Å². The molecule has 0 aromatic heterocycles. The number of carbonyl (C=O) groups excluding carboxylic acids is 1. The summed E-state index contributed by atoms with van der Waals surface area (Å²) >= 11 is 0. The summed E-state index contributed by atoms with van der Waals surface area (Å²) in [4.78, 5) is 17.1. The minimum atomic E-state index is -1.01. The van der Waals surface area contributed by atoms with Crippen molar-refractivity contribution in [3.63, 3.8) is 0 Å². The summed E-state index contributed by atoms with van der Waals surface area (Å²) in [6.07, 6.45) is 2.07. The number of likely N-dealkylation sites (tertiary alicyclic amines) is 2. The number of ether oxygens (including phenoxy) is 1. The predicted molar refractivity (Wildman–Crippen MR) is 128 cm³/mol. The van der Waals surface area contributed by atoms with Crippen LogP contribution in [0.3, 0.4) is 0 Å². The fourth-order valence-corrected chi connectivity index (χ4v) is 4.99. The highest BCUT2D eigenvalue weighted by atomic mass is 19.2. The average Bonchev–Trinajstić information content (AvgIpc) is 3.45. The van der Waals surface area contributed by atoms with Gasteiger partial charge in [0.1, 0.15) is 11.9 Å². The van der Waals surface area contributed by atoms with E-state index in [1.54, 1.807) is 0 Å². The predicted octanol–water partition coefficient (Wildman–Crippen LogP) is 4.21. The van der Waals surface area contributed by atoms with E-state index in [0.29, 0.717) is 6.54 Å². The van der Waals surface area contributed by atoms with Gasteiger partial charge in [-0.3, -0.25) is 9.69 Å². The lowest BCUT2D eigenvalue weighted by Gasteiger charge is -2.20. The number of fused-ring (bicyclic) bond motifs is 1. The first-order valence-corrected chi connectivity index (χ1v) is 11.8. The molecule has 1 unspecified atom stereocenters. The zero-order valence-electron chi connectivity index (χ0n) is 19.3. The van der Waals surface area contributed by atoms with Crippen LogP contribution in [-0.4, -0.2) is 61.1 Å². The maximum absolute atomic E-state index is 13.5. The molecule has 2 fully saturated rings. The van der Waals surface area contributed by atoms with E-state index in [1.165, 1.54) is 17.0 Å². The molecule has 2 saturated heterocycles. The molecule has 3 aromatic carbocycles. The molecule has 2 aliphatic rings. The fourth-order valence-electron chi connectivity index (χ4n) is 4.99. The molecule has 178 valence electrons. The zero-order chi connectivity index (χ0) is 23.7. The topological polar surface area (TPSA) is 44.8 Å². The molecule has 0 aliphatic carbocycles. The summed E-state index contributed by atoms with van der Waals surface area (Å²) < 4.78 is 33.0. The van der Waals surface area contributed by atoms with Gasteiger partial charge in [-0.15, -0.1) is 0 Å². The number of likely N-dealkylation sites (N-methyl/N-ethyl adjacent to an activating group) is 1. The van der Waals surface area contributed by atoms with Crippen molar-refractivity contribution >= 4 is 16.7 Å². The SMILES string of the molecule is CN1CCC(Oc2ccc(CN3CC[C@H](NC(=O)c4ccc(F)c(F)c4)C3)c3ccccc23)C1. The second kappa shape index (κ2) is 9.68. The molecule has 3 aromatic rings. The Morgan fingerprint density at radius 3 is 2.59 bits per heavy atom. The first-order valence-electron chi connectivity index (χ1n) is 11.8. The van der Waals surface area contributed by atoms with Crippen molar-refractivity contribution < 1.29 is 18.3 Å². The van der Waals surface area contributed by atoms with Gasteiger partial charge in [-0.2, -0.15) is 0 Å². The van der Waals surface area contributed by atoms with E-state index in [2.05, 4.69) is 46.4 Å². The minimum Gasteiger partial charge on any atom is -0.488 e. The van der Waals surface area contributed by atoms with Gasteiger partial charge in [-0.1, -0.05) is 30.3 Å². The first kappa shape index (κ1) is 22.7. The van der Waals surface area contributed by atoms with Crippen molar-refractivity contribution in [2.24, 2.45) is 0 Å². The van der Waals surface area contributed by atoms with Crippen LogP contribution in [-0.2, 0) is 6.54 Å². The van der Waals surface area contributed by atoms with Crippen LogP contribution in [0.4, 0.5) is 8.78 Å². The Morgan fingerprint density at radius 1 is 1.00 bits per heavy atom. The summed E-state index contributed by atoms with van der Waals surface area (Å²) in [5.74, 6) is -1.42. The fraction of sp³-hybridized carbons (Fsp3) is 0.370. The molecule has 0 spiro atoms. The van der Waals surface area contributed by atoms with Crippen LogP contribution in [0.25, 0.3) is 10.8 Å². The van der Waals surface area contributed by atoms with Gasteiger partial charge < -0.3 is 15.0 Å². The number of carbonyl (C=O) groups is 1. The molecule has 2 aliphatic heterocycles. The number of hydrogen-bond acceptors (Lipinski definition) is 4. The molecule has 0 saturated carbocycles. The second-order valence-electron chi connectivity index (χ2n) is 9.38. The van der Waals surface area contributed by atoms with Crippen LogP contribution in [0.5, 0.6) is 5.75 Å².